The monoisotopic (exact) mass is 381 g/mol. The first kappa shape index (κ1) is 18.2. The lowest BCUT2D eigenvalue weighted by molar-refractivity contribution is -0.134. The number of nitrogens with one attached hydrogen (secondary N) is 2. The second-order valence-corrected chi connectivity index (χ2v) is 7.23. The summed E-state index contributed by atoms with van der Waals surface area (Å²) in [6.07, 6.45) is 4.81. The molecule has 2 aromatic rings. The topological polar surface area (TPSA) is 96.3 Å². The largest absolute Gasteiger partial charge is 0.325 e. The molecule has 0 saturated carbocycles. The van der Waals surface area contributed by atoms with Crippen LogP contribution in [0.15, 0.2) is 36.5 Å². The summed E-state index contributed by atoms with van der Waals surface area (Å²) in [7, 11) is 0. The molecule has 0 bridgehead atoms. The Morgan fingerprint density at radius 1 is 1.29 bits per heavy atom. The summed E-state index contributed by atoms with van der Waals surface area (Å²) >= 11 is 0. The molecule has 1 saturated heterocycles. The predicted octanol–water partition coefficient (Wildman–Crippen LogP) is 2.02. The Morgan fingerprint density at radius 3 is 2.93 bits per heavy atom. The summed E-state index contributed by atoms with van der Waals surface area (Å²) in [6.45, 7) is 2.45. The summed E-state index contributed by atoms with van der Waals surface area (Å²) in [4.78, 5) is 39.1. The average Bonchev–Trinajstić information content (AvgIpc) is 3.35. The molecule has 4 amide bonds. The lowest BCUT2D eigenvalue weighted by Crippen LogP contribution is -2.43. The van der Waals surface area contributed by atoms with Gasteiger partial charge in [0, 0.05) is 12.6 Å². The van der Waals surface area contributed by atoms with Crippen molar-refractivity contribution in [3.8, 4) is 0 Å². The number of anilines is 1. The van der Waals surface area contributed by atoms with Crippen molar-refractivity contribution in [1.82, 2.24) is 20.0 Å². The van der Waals surface area contributed by atoms with E-state index < -0.39 is 17.5 Å². The lowest BCUT2D eigenvalue weighted by Gasteiger charge is -2.22. The number of aryl methyl sites for hydroxylation is 2. The number of carbonyl (C=O) groups excluding carboxylic acids is 3. The number of hydrogen-bond donors (Lipinski definition) is 2. The highest BCUT2D eigenvalue weighted by molar-refractivity contribution is 6.10. The van der Waals surface area contributed by atoms with Crippen molar-refractivity contribution < 1.29 is 14.4 Å². The molecule has 2 N–H and O–H groups in total. The maximum Gasteiger partial charge on any atom is 0.325 e. The van der Waals surface area contributed by atoms with Crippen LogP contribution in [0, 0.1) is 0 Å². The minimum Gasteiger partial charge on any atom is -0.319 e. The highest BCUT2D eigenvalue weighted by Gasteiger charge is 2.55. The zero-order valence-electron chi connectivity index (χ0n) is 15.8. The Balaban J connectivity index is 1.47. The Hall–Kier alpha value is -3.16. The fourth-order valence-electron chi connectivity index (χ4n) is 3.98. The smallest absolute Gasteiger partial charge is 0.319 e. The Labute approximate surface area is 162 Å². The molecule has 1 spiro atoms. The van der Waals surface area contributed by atoms with Crippen molar-refractivity contribution in [1.29, 1.82) is 0 Å². The van der Waals surface area contributed by atoms with Gasteiger partial charge in [0.05, 0.1) is 6.20 Å². The normalized spacial score (nSPS) is 20.5. The van der Waals surface area contributed by atoms with Crippen LogP contribution in [-0.4, -0.2) is 39.1 Å². The van der Waals surface area contributed by atoms with Crippen molar-refractivity contribution in [3.63, 3.8) is 0 Å². The number of imide groups is 1. The van der Waals surface area contributed by atoms with E-state index in [4.69, 9.17) is 0 Å². The van der Waals surface area contributed by atoms with Crippen molar-refractivity contribution >= 4 is 23.7 Å². The van der Waals surface area contributed by atoms with E-state index in [9.17, 15) is 14.4 Å². The second kappa shape index (κ2) is 7.10. The summed E-state index contributed by atoms with van der Waals surface area (Å²) in [5.74, 6) is -0.228. The maximum absolute atomic E-state index is 13.1. The van der Waals surface area contributed by atoms with Crippen LogP contribution in [0.1, 0.15) is 37.3 Å². The van der Waals surface area contributed by atoms with Gasteiger partial charge in [-0.3, -0.25) is 14.5 Å². The zero-order chi connectivity index (χ0) is 19.7. The molecular formula is C20H23N5O3. The number of nitrogens with zero attached hydrogens (tertiary/aromatic N) is 3. The van der Waals surface area contributed by atoms with Crippen LogP contribution in [-0.2, 0) is 28.1 Å². The van der Waals surface area contributed by atoms with E-state index >= 15 is 0 Å². The Kier molecular flexibility index (Phi) is 4.62. The van der Waals surface area contributed by atoms with E-state index in [0.717, 1.165) is 35.3 Å². The molecule has 8 heteroatoms. The number of unbranched alkanes of at least 4 members (excludes halogenated alkanes) is 1. The van der Waals surface area contributed by atoms with Gasteiger partial charge in [-0.1, -0.05) is 37.6 Å². The quantitative estimate of drug-likeness (QED) is 0.748. The number of rotatable bonds is 6. The van der Waals surface area contributed by atoms with Gasteiger partial charge in [0.2, 0.25) is 5.91 Å². The minimum atomic E-state index is -1.04. The van der Waals surface area contributed by atoms with Crippen molar-refractivity contribution in [2.75, 3.05) is 11.9 Å². The number of urea groups is 1. The molecule has 1 atom stereocenters. The highest BCUT2D eigenvalue weighted by Crippen LogP contribution is 2.41. The van der Waals surface area contributed by atoms with Crippen LogP contribution in [0.2, 0.25) is 0 Å². The van der Waals surface area contributed by atoms with E-state index in [1.807, 2.05) is 24.3 Å². The molecular weight excluding hydrogens is 358 g/mol. The highest BCUT2D eigenvalue weighted by atomic mass is 16.2. The predicted molar refractivity (Wildman–Crippen MR) is 102 cm³/mol. The van der Waals surface area contributed by atoms with Crippen molar-refractivity contribution in [3.05, 3.63) is 47.7 Å². The van der Waals surface area contributed by atoms with E-state index in [0.29, 0.717) is 18.8 Å². The molecule has 1 fully saturated rings. The van der Waals surface area contributed by atoms with Crippen molar-refractivity contribution in [2.45, 2.75) is 44.7 Å². The van der Waals surface area contributed by atoms with Crippen LogP contribution in [0.4, 0.5) is 10.6 Å². The summed E-state index contributed by atoms with van der Waals surface area (Å²) in [6, 6.07) is 8.79. The van der Waals surface area contributed by atoms with E-state index in [1.165, 1.54) is 0 Å². The van der Waals surface area contributed by atoms with Crippen LogP contribution in [0.25, 0.3) is 0 Å². The molecule has 1 unspecified atom stereocenters. The third-order valence-electron chi connectivity index (χ3n) is 5.43. The van der Waals surface area contributed by atoms with Crippen LogP contribution in [0.5, 0.6) is 0 Å². The zero-order valence-corrected chi connectivity index (χ0v) is 15.8. The lowest BCUT2D eigenvalue weighted by atomic mass is 9.92. The first-order chi connectivity index (χ1) is 13.5. The first-order valence-corrected chi connectivity index (χ1v) is 9.59. The number of fused-ring (bicyclic) bond motifs is 2. The summed E-state index contributed by atoms with van der Waals surface area (Å²) in [5, 5.41) is 9.78. The van der Waals surface area contributed by atoms with E-state index in [2.05, 4.69) is 22.7 Å². The molecule has 0 radical (unpaired) electrons. The van der Waals surface area contributed by atoms with Gasteiger partial charge in [-0.25, -0.2) is 9.48 Å². The molecule has 28 heavy (non-hydrogen) atoms. The average molecular weight is 381 g/mol. The fraction of sp³-hybridized carbons (Fsp3) is 0.400. The number of carbonyl (C=O) groups is 3. The number of benzene rings is 1. The summed E-state index contributed by atoms with van der Waals surface area (Å²) in [5.41, 5.74) is 0.841. The van der Waals surface area contributed by atoms with E-state index in [1.54, 1.807) is 16.9 Å². The molecule has 8 nitrogen and oxygen atoms in total. The van der Waals surface area contributed by atoms with Gasteiger partial charge in [-0.05, 0) is 30.4 Å². The molecule has 1 aliphatic heterocycles. The van der Waals surface area contributed by atoms with Crippen LogP contribution in [0.3, 0.4) is 0 Å². The number of amides is 4. The van der Waals surface area contributed by atoms with Gasteiger partial charge < -0.3 is 10.6 Å². The van der Waals surface area contributed by atoms with Crippen LogP contribution >= 0.6 is 0 Å². The van der Waals surface area contributed by atoms with Gasteiger partial charge >= 0.3 is 6.03 Å². The molecule has 2 aliphatic rings. The molecule has 2 heterocycles. The Morgan fingerprint density at radius 2 is 2.11 bits per heavy atom. The molecule has 1 aromatic heterocycles. The van der Waals surface area contributed by atoms with Gasteiger partial charge in [-0.15, -0.1) is 0 Å². The summed E-state index contributed by atoms with van der Waals surface area (Å²) < 4.78 is 1.71. The maximum atomic E-state index is 13.1. The molecule has 1 aliphatic carbocycles. The third kappa shape index (κ3) is 2.94. The van der Waals surface area contributed by atoms with E-state index in [-0.39, 0.29) is 12.5 Å². The van der Waals surface area contributed by atoms with Gasteiger partial charge in [0.25, 0.3) is 5.91 Å². The minimum absolute atomic E-state index is 0.326. The SMILES string of the molecule is CCCCn1nccc1NC(=O)CN1C(=O)NC2(CCc3ccccc32)C1=O. The number of aromatic nitrogens is 2. The molecule has 4 rings (SSSR count). The molecule has 1 aromatic carbocycles. The van der Waals surface area contributed by atoms with Crippen LogP contribution < -0.4 is 10.6 Å². The van der Waals surface area contributed by atoms with Gasteiger partial charge in [0.1, 0.15) is 17.9 Å². The third-order valence-corrected chi connectivity index (χ3v) is 5.43. The molecule has 146 valence electrons. The number of hydrogen-bond acceptors (Lipinski definition) is 4. The van der Waals surface area contributed by atoms with Crippen molar-refractivity contribution in [2.24, 2.45) is 0 Å². The van der Waals surface area contributed by atoms with Gasteiger partial charge in [0.15, 0.2) is 0 Å². The first-order valence-electron chi connectivity index (χ1n) is 9.59. The van der Waals surface area contributed by atoms with Gasteiger partial charge in [-0.2, -0.15) is 5.10 Å². The fourth-order valence-corrected chi connectivity index (χ4v) is 3.98. The Bertz CT molecular complexity index is 937. The standard InChI is InChI=1S/C20H23N5O3/c1-2-3-12-25-16(9-11-21-25)22-17(26)13-24-18(27)20(23-19(24)28)10-8-14-6-4-5-7-15(14)20/h4-7,9,11H,2-3,8,10,12-13H2,1H3,(H,22,26)(H,23,28). The second-order valence-electron chi connectivity index (χ2n) is 7.23.